The number of carbonyl (C=O) groups excluding carboxylic acids is 1. The first-order chi connectivity index (χ1) is 11.7. The van der Waals surface area contributed by atoms with Gasteiger partial charge in [-0.1, -0.05) is 18.2 Å². The molecule has 24 heavy (non-hydrogen) atoms. The van der Waals surface area contributed by atoms with Gasteiger partial charge in [-0.25, -0.2) is 4.39 Å². The Morgan fingerprint density at radius 3 is 2.75 bits per heavy atom. The highest BCUT2D eigenvalue weighted by Gasteiger charge is 2.35. The van der Waals surface area contributed by atoms with Crippen LogP contribution in [0.1, 0.15) is 17.7 Å². The number of carbonyl (C=O) groups is 1. The summed E-state index contributed by atoms with van der Waals surface area (Å²) in [5, 5.41) is 4.99. The quantitative estimate of drug-likeness (QED) is 0.872. The lowest BCUT2D eigenvalue weighted by Gasteiger charge is -2.36. The Morgan fingerprint density at radius 1 is 1.25 bits per heavy atom. The summed E-state index contributed by atoms with van der Waals surface area (Å²) in [5.74, 6) is -0.628. The predicted octanol–water partition coefficient (Wildman–Crippen LogP) is 3.13. The first-order valence-electron chi connectivity index (χ1n) is 7.95. The molecule has 1 aromatic heterocycles. The monoisotopic (exact) mass is 349 g/mol. The number of benzene rings is 1. The summed E-state index contributed by atoms with van der Waals surface area (Å²) in [5.41, 5.74) is -0.0833. The van der Waals surface area contributed by atoms with Crippen molar-refractivity contribution in [2.45, 2.75) is 18.3 Å². The second-order valence-electron chi connectivity index (χ2n) is 5.87. The van der Waals surface area contributed by atoms with Crippen LogP contribution in [0.4, 0.5) is 4.39 Å². The first kappa shape index (κ1) is 16.9. The van der Waals surface area contributed by atoms with E-state index in [0.29, 0.717) is 19.8 Å². The van der Waals surface area contributed by atoms with Crippen LogP contribution in [0.15, 0.2) is 41.8 Å². The molecule has 0 aliphatic carbocycles. The van der Waals surface area contributed by atoms with Crippen molar-refractivity contribution in [2.75, 3.05) is 26.4 Å². The number of hydrogen-bond donors (Lipinski definition) is 1. The highest BCUT2D eigenvalue weighted by atomic mass is 32.1. The Morgan fingerprint density at radius 2 is 2.04 bits per heavy atom. The number of thiophene rings is 1. The van der Waals surface area contributed by atoms with Crippen molar-refractivity contribution in [2.24, 2.45) is 0 Å². The molecule has 4 nitrogen and oxygen atoms in total. The van der Waals surface area contributed by atoms with Crippen LogP contribution in [0, 0.1) is 5.82 Å². The van der Waals surface area contributed by atoms with Gasteiger partial charge in [0, 0.05) is 30.1 Å². The van der Waals surface area contributed by atoms with Gasteiger partial charge in [0.25, 0.3) is 5.91 Å². The lowest BCUT2D eigenvalue weighted by atomic mass is 9.78. The zero-order chi connectivity index (χ0) is 16.8. The van der Waals surface area contributed by atoms with E-state index in [1.807, 2.05) is 6.07 Å². The zero-order valence-electron chi connectivity index (χ0n) is 13.3. The predicted molar refractivity (Wildman–Crippen MR) is 91.0 cm³/mol. The van der Waals surface area contributed by atoms with Gasteiger partial charge in [-0.15, -0.1) is 11.3 Å². The Balaban J connectivity index is 1.57. The van der Waals surface area contributed by atoms with Crippen molar-refractivity contribution >= 4 is 17.2 Å². The maximum atomic E-state index is 13.5. The Labute approximate surface area is 144 Å². The SMILES string of the molecule is O=C(COc1ccccc1F)NCC1(c2cccs2)CCOCC1. The maximum Gasteiger partial charge on any atom is 0.257 e. The average Bonchev–Trinajstić information content (AvgIpc) is 3.15. The molecule has 6 heteroatoms. The summed E-state index contributed by atoms with van der Waals surface area (Å²) in [6.07, 6.45) is 1.75. The van der Waals surface area contributed by atoms with Gasteiger partial charge in [0.15, 0.2) is 18.2 Å². The Bertz CT molecular complexity index is 669. The van der Waals surface area contributed by atoms with Crippen molar-refractivity contribution in [1.29, 1.82) is 0 Å². The van der Waals surface area contributed by atoms with Crippen molar-refractivity contribution in [3.05, 3.63) is 52.5 Å². The number of halogens is 1. The smallest absolute Gasteiger partial charge is 0.257 e. The molecule has 1 aromatic carbocycles. The third kappa shape index (κ3) is 3.94. The molecule has 0 saturated carbocycles. The van der Waals surface area contributed by atoms with Gasteiger partial charge < -0.3 is 14.8 Å². The summed E-state index contributed by atoms with van der Waals surface area (Å²) in [4.78, 5) is 13.4. The summed E-state index contributed by atoms with van der Waals surface area (Å²) >= 11 is 1.70. The molecule has 1 aliphatic rings. The normalized spacial score (nSPS) is 16.5. The van der Waals surface area contributed by atoms with Gasteiger partial charge in [0.1, 0.15) is 0 Å². The van der Waals surface area contributed by atoms with Crippen LogP contribution in [-0.2, 0) is 14.9 Å². The van der Waals surface area contributed by atoms with Crippen LogP contribution in [0.25, 0.3) is 0 Å². The molecule has 0 atom stereocenters. The minimum atomic E-state index is -0.468. The van der Waals surface area contributed by atoms with E-state index in [1.165, 1.54) is 17.0 Å². The molecule has 0 bridgehead atoms. The molecule has 2 heterocycles. The number of nitrogens with one attached hydrogen (secondary N) is 1. The molecule has 0 unspecified atom stereocenters. The summed E-state index contributed by atoms with van der Waals surface area (Å²) in [7, 11) is 0. The van der Waals surface area contributed by atoms with Gasteiger partial charge in [-0.2, -0.15) is 0 Å². The first-order valence-corrected chi connectivity index (χ1v) is 8.83. The van der Waals surface area contributed by atoms with Gasteiger partial charge in [0.05, 0.1) is 0 Å². The van der Waals surface area contributed by atoms with Crippen LogP contribution in [0.2, 0.25) is 0 Å². The summed E-state index contributed by atoms with van der Waals surface area (Å²) < 4.78 is 24.2. The molecule has 2 aromatic rings. The van der Waals surface area contributed by atoms with Crippen LogP contribution in [0.3, 0.4) is 0 Å². The minimum absolute atomic E-state index is 0.0833. The summed E-state index contributed by atoms with van der Waals surface area (Å²) in [6.45, 7) is 1.73. The third-order valence-corrected chi connectivity index (χ3v) is 5.43. The van der Waals surface area contributed by atoms with Crippen LogP contribution in [0.5, 0.6) is 5.75 Å². The van der Waals surface area contributed by atoms with Crippen LogP contribution < -0.4 is 10.1 Å². The van der Waals surface area contributed by atoms with E-state index in [2.05, 4.69) is 16.8 Å². The molecule has 128 valence electrons. The molecule has 0 radical (unpaired) electrons. The van der Waals surface area contributed by atoms with E-state index in [4.69, 9.17) is 9.47 Å². The molecule has 1 saturated heterocycles. The average molecular weight is 349 g/mol. The Hall–Kier alpha value is -1.92. The number of para-hydroxylation sites is 1. The molecule has 1 amide bonds. The van der Waals surface area contributed by atoms with Gasteiger partial charge >= 0.3 is 0 Å². The summed E-state index contributed by atoms with van der Waals surface area (Å²) in [6, 6.07) is 10.2. The fourth-order valence-electron chi connectivity index (χ4n) is 2.88. The molecule has 0 spiro atoms. The minimum Gasteiger partial charge on any atom is -0.481 e. The number of amides is 1. The van der Waals surface area contributed by atoms with E-state index in [-0.39, 0.29) is 23.7 Å². The van der Waals surface area contributed by atoms with E-state index in [1.54, 1.807) is 23.5 Å². The number of rotatable bonds is 6. The largest absolute Gasteiger partial charge is 0.481 e. The lowest BCUT2D eigenvalue weighted by Crippen LogP contribution is -2.45. The van der Waals surface area contributed by atoms with E-state index < -0.39 is 5.82 Å². The van der Waals surface area contributed by atoms with Gasteiger partial charge in [-0.3, -0.25) is 4.79 Å². The van der Waals surface area contributed by atoms with Crippen LogP contribution >= 0.6 is 11.3 Å². The fourth-order valence-corrected chi connectivity index (χ4v) is 3.86. The van der Waals surface area contributed by atoms with Crippen molar-refractivity contribution in [3.8, 4) is 5.75 Å². The number of hydrogen-bond acceptors (Lipinski definition) is 4. The van der Waals surface area contributed by atoms with Crippen molar-refractivity contribution in [1.82, 2.24) is 5.32 Å². The molecule has 1 aliphatic heterocycles. The molecule has 3 rings (SSSR count). The molecule has 1 N–H and O–H groups in total. The van der Waals surface area contributed by atoms with Crippen molar-refractivity contribution < 1.29 is 18.7 Å². The van der Waals surface area contributed by atoms with E-state index >= 15 is 0 Å². The number of ether oxygens (including phenoxy) is 2. The topological polar surface area (TPSA) is 47.6 Å². The van der Waals surface area contributed by atoms with E-state index in [0.717, 1.165) is 12.8 Å². The second-order valence-corrected chi connectivity index (χ2v) is 6.81. The lowest BCUT2D eigenvalue weighted by molar-refractivity contribution is -0.123. The molecular weight excluding hydrogens is 329 g/mol. The third-order valence-electron chi connectivity index (χ3n) is 4.31. The highest BCUT2D eigenvalue weighted by Crippen LogP contribution is 2.36. The van der Waals surface area contributed by atoms with Crippen LogP contribution in [-0.4, -0.2) is 32.3 Å². The standard InChI is InChI=1S/C18H20FNO3S/c19-14-4-1-2-5-15(14)23-12-17(21)20-13-18(7-9-22-10-8-18)16-6-3-11-24-16/h1-6,11H,7-10,12-13H2,(H,20,21). The van der Waals surface area contributed by atoms with Crippen molar-refractivity contribution in [3.63, 3.8) is 0 Å². The fraction of sp³-hybridized carbons (Fsp3) is 0.389. The Kier molecular flexibility index (Phi) is 5.48. The maximum absolute atomic E-state index is 13.5. The van der Waals surface area contributed by atoms with Gasteiger partial charge in [0.2, 0.25) is 0 Å². The van der Waals surface area contributed by atoms with E-state index in [9.17, 15) is 9.18 Å². The highest BCUT2D eigenvalue weighted by molar-refractivity contribution is 7.10. The molecule has 1 fully saturated rings. The molecular formula is C18H20FNO3S. The second kappa shape index (κ2) is 7.77. The zero-order valence-corrected chi connectivity index (χ0v) is 14.1. The van der Waals surface area contributed by atoms with Gasteiger partial charge in [-0.05, 0) is 36.4 Å².